The molecule has 1 heterocycles. The van der Waals surface area contributed by atoms with E-state index in [4.69, 9.17) is 21.8 Å². The Morgan fingerprint density at radius 3 is 2.94 bits per heavy atom. The van der Waals surface area contributed by atoms with Crippen molar-refractivity contribution < 1.29 is 4.42 Å². The second kappa shape index (κ2) is 5.58. The van der Waals surface area contributed by atoms with Crippen LogP contribution in [0.5, 0.6) is 0 Å². The normalized spacial score (nSPS) is 12.6. The third-order valence-corrected chi connectivity index (χ3v) is 3.54. The van der Waals surface area contributed by atoms with Crippen LogP contribution < -0.4 is 5.73 Å². The van der Waals surface area contributed by atoms with Crippen molar-refractivity contribution in [3.63, 3.8) is 0 Å². The molecule has 0 aliphatic rings. The Balaban J connectivity index is 2.14. The van der Waals surface area contributed by atoms with Crippen molar-refractivity contribution in [1.82, 2.24) is 4.98 Å². The van der Waals surface area contributed by atoms with Crippen LogP contribution in [-0.4, -0.2) is 11.0 Å². The number of halogens is 1. The number of oxazole rings is 1. The van der Waals surface area contributed by atoms with E-state index in [9.17, 15) is 0 Å². The van der Waals surface area contributed by atoms with Crippen LogP contribution in [0.3, 0.4) is 0 Å². The van der Waals surface area contributed by atoms with Crippen molar-refractivity contribution in [2.75, 3.05) is 0 Å². The molecule has 2 rings (SSSR count). The Hall–Kier alpha value is -0.970. The Bertz CT molecular complexity index is 485. The van der Waals surface area contributed by atoms with Crippen LogP contribution in [-0.2, 0) is 6.42 Å². The number of nitrogens with two attached hydrogens (primary N) is 1. The highest BCUT2D eigenvalue weighted by Crippen LogP contribution is 2.32. The van der Waals surface area contributed by atoms with Gasteiger partial charge in [-0.05, 0) is 42.8 Å². The minimum atomic E-state index is 0.135. The number of hydrogen-bond acceptors (Lipinski definition) is 4. The first-order chi connectivity index (χ1) is 8.15. The predicted octanol–water partition coefficient (Wildman–Crippen LogP) is 3.37. The van der Waals surface area contributed by atoms with Crippen molar-refractivity contribution in [3.8, 4) is 0 Å². The van der Waals surface area contributed by atoms with Crippen molar-refractivity contribution in [1.29, 1.82) is 0 Å². The summed E-state index contributed by atoms with van der Waals surface area (Å²) in [6, 6.07) is 6.07. The maximum atomic E-state index is 6.20. The zero-order chi connectivity index (χ0) is 12.3. The van der Waals surface area contributed by atoms with Gasteiger partial charge >= 0.3 is 0 Å². The lowest BCUT2D eigenvalue weighted by molar-refractivity contribution is 0.454. The second-order valence-corrected chi connectivity index (χ2v) is 5.25. The van der Waals surface area contributed by atoms with Gasteiger partial charge < -0.3 is 10.2 Å². The molecule has 5 heteroatoms. The lowest BCUT2D eigenvalue weighted by Crippen LogP contribution is -2.17. The van der Waals surface area contributed by atoms with Gasteiger partial charge in [0.2, 0.25) is 0 Å². The summed E-state index contributed by atoms with van der Waals surface area (Å²) in [6.07, 6.45) is 3.98. The molecule has 1 atom stereocenters. The van der Waals surface area contributed by atoms with Crippen molar-refractivity contribution in [2.45, 2.75) is 29.5 Å². The smallest absolute Gasteiger partial charge is 0.260 e. The Morgan fingerprint density at radius 2 is 2.35 bits per heavy atom. The average molecular weight is 269 g/mol. The SMILES string of the molecule is CC(N)Cc1ccc(Sc2ncco2)c(Cl)c1. The highest BCUT2D eigenvalue weighted by molar-refractivity contribution is 7.99. The molecule has 1 aromatic carbocycles. The van der Waals surface area contributed by atoms with Gasteiger partial charge in [-0.3, -0.25) is 0 Å². The molecule has 3 nitrogen and oxygen atoms in total. The first-order valence-corrected chi connectivity index (χ1v) is 6.46. The molecule has 2 N–H and O–H groups in total. The highest BCUT2D eigenvalue weighted by atomic mass is 35.5. The number of nitrogens with zero attached hydrogens (tertiary/aromatic N) is 1. The van der Waals surface area contributed by atoms with Gasteiger partial charge in [0, 0.05) is 10.9 Å². The molecule has 1 aromatic heterocycles. The lowest BCUT2D eigenvalue weighted by Gasteiger charge is -2.07. The van der Waals surface area contributed by atoms with Gasteiger partial charge in [-0.25, -0.2) is 4.98 Å². The van der Waals surface area contributed by atoms with Crippen LogP contribution in [0.15, 0.2) is 45.2 Å². The van der Waals surface area contributed by atoms with Crippen LogP contribution in [0.2, 0.25) is 5.02 Å². The molecule has 0 spiro atoms. The molecule has 90 valence electrons. The first kappa shape index (κ1) is 12.5. The van der Waals surface area contributed by atoms with Gasteiger partial charge in [-0.1, -0.05) is 17.7 Å². The summed E-state index contributed by atoms with van der Waals surface area (Å²) in [7, 11) is 0. The molecule has 0 amide bonds. The van der Waals surface area contributed by atoms with E-state index in [2.05, 4.69) is 4.98 Å². The number of rotatable bonds is 4. The molecule has 0 fully saturated rings. The minimum Gasteiger partial charge on any atom is -0.440 e. The fourth-order valence-corrected chi connectivity index (χ4v) is 2.50. The Kier molecular flexibility index (Phi) is 4.10. The molecular formula is C12H13ClN2OS. The summed E-state index contributed by atoms with van der Waals surface area (Å²) in [5.74, 6) is 0. The van der Waals surface area contributed by atoms with Crippen LogP contribution in [0.4, 0.5) is 0 Å². The van der Waals surface area contributed by atoms with Crippen molar-refractivity contribution in [3.05, 3.63) is 41.2 Å². The predicted molar refractivity (Wildman–Crippen MR) is 69.4 cm³/mol. The summed E-state index contributed by atoms with van der Waals surface area (Å²) in [4.78, 5) is 4.97. The lowest BCUT2D eigenvalue weighted by atomic mass is 10.1. The van der Waals surface area contributed by atoms with Crippen LogP contribution in [0.1, 0.15) is 12.5 Å². The number of aromatic nitrogens is 1. The maximum Gasteiger partial charge on any atom is 0.260 e. The largest absolute Gasteiger partial charge is 0.440 e. The third kappa shape index (κ3) is 3.49. The molecule has 0 saturated heterocycles. The maximum absolute atomic E-state index is 6.20. The topological polar surface area (TPSA) is 52.0 Å². The summed E-state index contributed by atoms with van der Waals surface area (Å²) in [6.45, 7) is 1.98. The Labute approximate surface area is 109 Å². The van der Waals surface area contributed by atoms with Crippen LogP contribution in [0, 0.1) is 0 Å². The van der Waals surface area contributed by atoms with Crippen molar-refractivity contribution >= 4 is 23.4 Å². The van der Waals surface area contributed by atoms with Gasteiger partial charge in [0.15, 0.2) is 0 Å². The minimum absolute atomic E-state index is 0.135. The standard InChI is InChI=1S/C12H13ClN2OS/c1-8(14)6-9-2-3-11(10(13)7-9)17-12-15-4-5-16-12/h2-5,7-8H,6,14H2,1H3. The molecule has 1 unspecified atom stereocenters. The van der Waals surface area contributed by atoms with E-state index in [0.29, 0.717) is 10.2 Å². The second-order valence-electron chi connectivity index (χ2n) is 3.85. The van der Waals surface area contributed by atoms with Gasteiger partial charge in [-0.2, -0.15) is 0 Å². The molecule has 2 aromatic rings. The summed E-state index contributed by atoms with van der Waals surface area (Å²) < 4.78 is 5.16. The molecule has 0 aliphatic heterocycles. The van der Waals surface area contributed by atoms with E-state index < -0.39 is 0 Å². The van der Waals surface area contributed by atoms with Crippen LogP contribution in [0.25, 0.3) is 0 Å². The summed E-state index contributed by atoms with van der Waals surface area (Å²) in [5.41, 5.74) is 6.89. The van der Waals surface area contributed by atoms with Gasteiger partial charge in [-0.15, -0.1) is 0 Å². The van der Waals surface area contributed by atoms with Crippen molar-refractivity contribution in [2.24, 2.45) is 5.73 Å². The number of benzene rings is 1. The van der Waals surface area contributed by atoms with Gasteiger partial charge in [0.25, 0.3) is 5.22 Å². The molecule has 0 radical (unpaired) electrons. The Morgan fingerprint density at radius 1 is 1.53 bits per heavy atom. The van der Waals surface area contributed by atoms with Gasteiger partial charge in [0.1, 0.15) is 6.26 Å². The van der Waals surface area contributed by atoms with E-state index in [1.165, 1.54) is 11.8 Å². The van der Waals surface area contributed by atoms with Gasteiger partial charge in [0.05, 0.1) is 11.2 Å². The zero-order valence-electron chi connectivity index (χ0n) is 9.39. The molecular weight excluding hydrogens is 256 g/mol. The third-order valence-electron chi connectivity index (χ3n) is 2.16. The first-order valence-electron chi connectivity index (χ1n) is 5.26. The molecule has 17 heavy (non-hydrogen) atoms. The highest BCUT2D eigenvalue weighted by Gasteiger charge is 2.07. The van der Waals surface area contributed by atoms with E-state index in [1.54, 1.807) is 12.5 Å². The monoisotopic (exact) mass is 268 g/mol. The zero-order valence-corrected chi connectivity index (χ0v) is 11.0. The quantitative estimate of drug-likeness (QED) is 0.924. The van der Waals surface area contributed by atoms with Crippen LogP contribution >= 0.6 is 23.4 Å². The fourth-order valence-electron chi connectivity index (χ4n) is 1.48. The van der Waals surface area contributed by atoms with E-state index >= 15 is 0 Å². The van der Waals surface area contributed by atoms with E-state index in [-0.39, 0.29) is 6.04 Å². The summed E-state index contributed by atoms with van der Waals surface area (Å²) in [5, 5.41) is 1.29. The molecule has 0 bridgehead atoms. The number of hydrogen-bond donors (Lipinski definition) is 1. The fraction of sp³-hybridized carbons (Fsp3) is 0.250. The molecule has 0 aliphatic carbocycles. The molecule has 0 saturated carbocycles. The van der Waals surface area contributed by atoms with E-state index in [0.717, 1.165) is 16.9 Å². The summed E-state index contributed by atoms with van der Waals surface area (Å²) >= 11 is 7.61. The average Bonchev–Trinajstić information content (AvgIpc) is 2.74. The van der Waals surface area contributed by atoms with E-state index in [1.807, 2.05) is 25.1 Å².